The van der Waals surface area contributed by atoms with E-state index in [1.807, 2.05) is 11.8 Å². The second-order valence-electron chi connectivity index (χ2n) is 4.36. The number of rotatable bonds is 6. The highest BCUT2D eigenvalue weighted by Gasteiger charge is 2.21. The Balaban J connectivity index is 2.13. The number of carbonyl (C=O) groups excluding carboxylic acids is 1. The fourth-order valence-electron chi connectivity index (χ4n) is 2.05. The Bertz CT molecular complexity index is 201. The van der Waals surface area contributed by atoms with Gasteiger partial charge in [0.15, 0.2) is 0 Å². The molecule has 94 valence electrons. The third-order valence-corrected chi connectivity index (χ3v) is 3.18. The van der Waals surface area contributed by atoms with Crippen LogP contribution in [0.3, 0.4) is 0 Å². The van der Waals surface area contributed by atoms with Gasteiger partial charge in [0.05, 0.1) is 0 Å². The number of ether oxygens (including phenoxy) is 1. The normalized spacial score (nSPS) is 17.8. The van der Waals surface area contributed by atoms with E-state index in [9.17, 15) is 4.79 Å². The van der Waals surface area contributed by atoms with Gasteiger partial charge in [-0.2, -0.15) is 0 Å². The first-order valence-corrected chi connectivity index (χ1v) is 6.33. The number of nitrogens with two attached hydrogens (primary N) is 1. The van der Waals surface area contributed by atoms with Crippen LogP contribution >= 0.6 is 0 Å². The Kier molecular flexibility index (Phi) is 6.42. The van der Waals surface area contributed by atoms with E-state index in [1.165, 1.54) is 0 Å². The first kappa shape index (κ1) is 13.5. The van der Waals surface area contributed by atoms with Crippen molar-refractivity contribution >= 4 is 5.91 Å². The first-order chi connectivity index (χ1) is 7.77. The Labute approximate surface area is 98.1 Å². The van der Waals surface area contributed by atoms with Crippen LogP contribution < -0.4 is 5.73 Å². The zero-order chi connectivity index (χ0) is 11.8. The van der Waals surface area contributed by atoms with Crippen LogP contribution in [-0.4, -0.2) is 43.7 Å². The first-order valence-electron chi connectivity index (χ1n) is 6.33. The van der Waals surface area contributed by atoms with Crippen molar-refractivity contribution in [2.75, 3.05) is 32.8 Å². The summed E-state index contributed by atoms with van der Waals surface area (Å²) in [5, 5.41) is 0. The highest BCUT2D eigenvalue weighted by Crippen LogP contribution is 2.16. The average Bonchev–Trinajstić information content (AvgIpc) is 2.34. The Hall–Kier alpha value is -0.610. The SMILES string of the molecule is CCOCCCC(=O)N1CCC(CN)CC1. The summed E-state index contributed by atoms with van der Waals surface area (Å²) in [6, 6.07) is 0. The van der Waals surface area contributed by atoms with Gasteiger partial charge < -0.3 is 15.4 Å². The smallest absolute Gasteiger partial charge is 0.222 e. The third-order valence-electron chi connectivity index (χ3n) is 3.18. The molecule has 16 heavy (non-hydrogen) atoms. The van der Waals surface area contributed by atoms with E-state index in [-0.39, 0.29) is 5.91 Å². The summed E-state index contributed by atoms with van der Waals surface area (Å²) in [5.41, 5.74) is 5.62. The van der Waals surface area contributed by atoms with Crippen LogP contribution in [0.25, 0.3) is 0 Å². The number of piperidine rings is 1. The molecule has 1 saturated heterocycles. The maximum absolute atomic E-state index is 11.8. The average molecular weight is 228 g/mol. The highest BCUT2D eigenvalue weighted by atomic mass is 16.5. The molecule has 0 atom stereocenters. The summed E-state index contributed by atoms with van der Waals surface area (Å²) < 4.78 is 5.22. The molecule has 1 amide bonds. The van der Waals surface area contributed by atoms with Gasteiger partial charge in [0.25, 0.3) is 0 Å². The Morgan fingerprint density at radius 3 is 2.69 bits per heavy atom. The lowest BCUT2D eigenvalue weighted by atomic mass is 9.97. The molecular weight excluding hydrogens is 204 g/mol. The van der Waals surface area contributed by atoms with Crippen LogP contribution in [0, 0.1) is 5.92 Å². The molecule has 2 N–H and O–H groups in total. The molecule has 0 bridgehead atoms. The quantitative estimate of drug-likeness (QED) is 0.690. The van der Waals surface area contributed by atoms with E-state index in [0.29, 0.717) is 18.9 Å². The monoisotopic (exact) mass is 228 g/mol. The summed E-state index contributed by atoms with van der Waals surface area (Å²) in [4.78, 5) is 13.8. The lowest BCUT2D eigenvalue weighted by Crippen LogP contribution is -2.40. The topological polar surface area (TPSA) is 55.6 Å². The molecule has 0 aliphatic carbocycles. The zero-order valence-corrected chi connectivity index (χ0v) is 10.3. The summed E-state index contributed by atoms with van der Waals surface area (Å²) in [5.74, 6) is 0.891. The van der Waals surface area contributed by atoms with Gasteiger partial charge in [0.1, 0.15) is 0 Å². The molecule has 0 radical (unpaired) electrons. The lowest BCUT2D eigenvalue weighted by Gasteiger charge is -2.31. The van der Waals surface area contributed by atoms with Gasteiger partial charge in [-0.05, 0) is 38.6 Å². The molecule has 1 rings (SSSR count). The maximum Gasteiger partial charge on any atom is 0.222 e. The van der Waals surface area contributed by atoms with E-state index in [4.69, 9.17) is 10.5 Å². The summed E-state index contributed by atoms with van der Waals surface area (Å²) in [6.07, 6.45) is 3.58. The van der Waals surface area contributed by atoms with Crippen molar-refractivity contribution in [3.63, 3.8) is 0 Å². The van der Waals surface area contributed by atoms with Gasteiger partial charge >= 0.3 is 0 Å². The number of hydrogen-bond acceptors (Lipinski definition) is 3. The predicted molar refractivity (Wildman–Crippen MR) is 64.1 cm³/mol. The molecule has 1 aliphatic rings. The molecule has 0 aromatic rings. The fourth-order valence-corrected chi connectivity index (χ4v) is 2.05. The molecule has 0 aromatic carbocycles. The van der Waals surface area contributed by atoms with Crippen molar-refractivity contribution in [1.29, 1.82) is 0 Å². The summed E-state index contributed by atoms with van der Waals surface area (Å²) in [6.45, 7) is 5.92. The third kappa shape index (κ3) is 4.49. The minimum absolute atomic E-state index is 0.273. The van der Waals surface area contributed by atoms with Gasteiger partial charge in [-0.3, -0.25) is 4.79 Å². The minimum atomic E-state index is 0.273. The molecule has 4 nitrogen and oxygen atoms in total. The van der Waals surface area contributed by atoms with Crippen LogP contribution in [0.15, 0.2) is 0 Å². The van der Waals surface area contributed by atoms with Crippen LogP contribution in [-0.2, 0) is 9.53 Å². The minimum Gasteiger partial charge on any atom is -0.382 e. The molecule has 0 unspecified atom stereocenters. The van der Waals surface area contributed by atoms with Crippen molar-refractivity contribution in [3.05, 3.63) is 0 Å². The van der Waals surface area contributed by atoms with Gasteiger partial charge in [-0.1, -0.05) is 0 Å². The van der Waals surface area contributed by atoms with Crippen LogP contribution in [0.1, 0.15) is 32.6 Å². The predicted octanol–water partition coefficient (Wildman–Crippen LogP) is 1.00. The van der Waals surface area contributed by atoms with E-state index >= 15 is 0 Å². The van der Waals surface area contributed by atoms with Gasteiger partial charge in [0.2, 0.25) is 5.91 Å². The largest absolute Gasteiger partial charge is 0.382 e. The van der Waals surface area contributed by atoms with E-state index in [1.54, 1.807) is 0 Å². The van der Waals surface area contributed by atoms with Crippen molar-refractivity contribution in [2.45, 2.75) is 32.6 Å². The molecule has 1 fully saturated rings. The summed E-state index contributed by atoms with van der Waals surface area (Å²) >= 11 is 0. The standard InChI is InChI=1S/C12H24N2O2/c1-2-16-9-3-4-12(15)14-7-5-11(10-13)6-8-14/h11H,2-10,13H2,1H3. The molecule has 4 heteroatoms. The van der Waals surface area contributed by atoms with Crippen LogP contribution in [0.2, 0.25) is 0 Å². The highest BCUT2D eigenvalue weighted by molar-refractivity contribution is 5.76. The molecular formula is C12H24N2O2. The second kappa shape index (κ2) is 7.63. The molecule has 0 spiro atoms. The van der Waals surface area contributed by atoms with Crippen molar-refractivity contribution in [1.82, 2.24) is 4.90 Å². The van der Waals surface area contributed by atoms with Gasteiger partial charge in [-0.15, -0.1) is 0 Å². The molecule has 0 saturated carbocycles. The van der Waals surface area contributed by atoms with Crippen LogP contribution in [0.5, 0.6) is 0 Å². The zero-order valence-electron chi connectivity index (χ0n) is 10.3. The molecule has 0 aromatic heterocycles. The number of nitrogens with zero attached hydrogens (tertiary/aromatic N) is 1. The van der Waals surface area contributed by atoms with Gasteiger partial charge in [-0.25, -0.2) is 0 Å². The number of hydrogen-bond donors (Lipinski definition) is 1. The lowest BCUT2D eigenvalue weighted by molar-refractivity contribution is -0.132. The Morgan fingerprint density at radius 1 is 1.44 bits per heavy atom. The van der Waals surface area contributed by atoms with E-state index in [0.717, 1.165) is 45.5 Å². The van der Waals surface area contributed by atoms with E-state index < -0.39 is 0 Å². The number of amides is 1. The van der Waals surface area contributed by atoms with Crippen molar-refractivity contribution in [2.24, 2.45) is 11.7 Å². The van der Waals surface area contributed by atoms with Gasteiger partial charge in [0, 0.05) is 32.7 Å². The van der Waals surface area contributed by atoms with Crippen LogP contribution in [0.4, 0.5) is 0 Å². The number of carbonyl (C=O) groups is 1. The Morgan fingerprint density at radius 2 is 2.12 bits per heavy atom. The number of likely N-dealkylation sites (tertiary alicyclic amines) is 1. The second-order valence-corrected chi connectivity index (χ2v) is 4.36. The van der Waals surface area contributed by atoms with Crippen molar-refractivity contribution < 1.29 is 9.53 Å². The maximum atomic E-state index is 11.8. The molecule has 1 aliphatic heterocycles. The molecule has 1 heterocycles. The fraction of sp³-hybridized carbons (Fsp3) is 0.917. The summed E-state index contributed by atoms with van der Waals surface area (Å²) in [7, 11) is 0. The van der Waals surface area contributed by atoms with E-state index in [2.05, 4.69) is 0 Å². The van der Waals surface area contributed by atoms with Crippen molar-refractivity contribution in [3.8, 4) is 0 Å².